The average Bonchev–Trinajstić information content (AvgIpc) is 2.63. The summed E-state index contributed by atoms with van der Waals surface area (Å²) in [6.45, 7) is 1.30. The van der Waals surface area contributed by atoms with Gasteiger partial charge < -0.3 is 4.90 Å². The van der Waals surface area contributed by atoms with Crippen LogP contribution in [0.25, 0.3) is 0 Å². The van der Waals surface area contributed by atoms with Crippen molar-refractivity contribution in [3.63, 3.8) is 0 Å². The maximum atomic E-state index is 12.7. The van der Waals surface area contributed by atoms with E-state index in [0.717, 1.165) is 5.56 Å². The van der Waals surface area contributed by atoms with Crippen LogP contribution in [0.3, 0.4) is 0 Å². The SMILES string of the molecule is O=C(Cc1ccccc1Cl)N1CCN(S(=O)(=O)c2cccc(Br)c2)CC1. The molecule has 0 aromatic heterocycles. The lowest BCUT2D eigenvalue weighted by Crippen LogP contribution is -2.50. The summed E-state index contributed by atoms with van der Waals surface area (Å²) in [6.07, 6.45) is 0.220. The molecule has 0 atom stereocenters. The Morgan fingerprint density at radius 3 is 2.38 bits per heavy atom. The van der Waals surface area contributed by atoms with E-state index in [2.05, 4.69) is 15.9 Å². The van der Waals surface area contributed by atoms with Crippen LogP contribution in [0.5, 0.6) is 0 Å². The summed E-state index contributed by atoms with van der Waals surface area (Å²) in [7, 11) is -3.56. The molecule has 0 aliphatic carbocycles. The molecular weight excluding hydrogens is 440 g/mol. The van der Waals surface area contributed by atoms with E-state index < -0.39 is 10.0 Å². The van der Waals surface area contributed by atoms with Gasteiger partial charge in [0.1, 0.15) is 0 Å². The molecule has 3 rings (SSSR count). The Morgan fingerprint density at radius 1 is 1.04 bits per heavy atom. The summed E-state index contributed by atoms with van der Waals surface area (Å²) >= 11 is 9.41. The molecule has 0 spiro atoms. The molecule has 1 aliphatic heterocycles. The number of piperazine rings is 1. The van der Waals surface area contributed by atoms with E-state index in [-0.39, 0.29) is 30.3 Å². The first kappa shape index (κ1) is 19.4. The molecule has 8 heteroatoms. The lowest BCUT2D eigenvalue weighted by molar-refractivity contribution is -0.131. The molecule has 0 radical (unpaired) electrons. The van der Waals surface area contributed by atoms with Crippen LogP contribution >= 0.6 is 27.5 Å². The fourth-order valence-electron chi connectivity index (χ4n) is 2.87. The molecule has 2 aromatic carbocycles. The zero-order chi connectivity index (χ0) is 18.7. The van der Waals surface area contributed by atoms with Crippen LogP contribution in [0, 0.1) is 0 Å². The molecule has 0 saturated carbocycles. The van der Waals surface area contributed by atoms with Crippen LogP contribution in [0.2, 0.25) is 5.02 Å². The zero-order valence-electron chi connectivity index (χ0n) is 13.9. The van der Waals surface area contributed by atoms with E-state index in [1.54, 1.807) is 35.2 Å². The first-order chi connectivity index (χ1) is 12.4. The van der Waals surface area contributed by atoms with Crippen molar-refractivity contribution in [3.05, 3.63) is 63.6 Å². The largest absolute Gasteiger partial charge is 0.340 e. The molecule has 1 aliphatic rings. The van der Waals surface area contributed by atoms with Gasteiger partial charge in [-0.15, -0.1) is 0 Å². The third kappa shape index (κ3) is 4.28. The number of halogens is 2. The molecule has 0 bridgehead atoms. The predicted octanol–water partition coefficient (Wildman–Crippen LogP) is 3.18. The summed E-state index contributed by atoms with van der Waals surface area (Å²) in [5.74, 6) is -0.0439. The van der Waals surface area contributed by atoms with Gasteiger partial charge >= 0.3 is 0 Å². The van der Waals surface area contributed by atoms with Crippen molar-refractivity contribution >= 4 is 43.5 Å². The van der Waals surface area contributed by atoms with E-state index in [4.69, 9.17) is 11.6 Å². The standard InChI is InChI=1S/C18H18BrClN2O3S/c19-15-5-3-6-16(13-15)26(24,25)22-10-8-21(9-11-22)18(23)12-14-4-1-2-7-17(14)20/h1-7,13H,8-12H2. The zero-order valence-corrected chi connectivity index (χ0v) is 17.1. The van der Waals surface area contributed by atoms with E-state index in [9.17, 15) is 13.2 Å². The van der Waals surface area contributed by atoms with Crippen molar-refractivity contribution in [2.75, 3.05) is 26.2 Å². The number of nitrogens with zero attached hydrogens (tertiary/aromatic N) is 2. The Morgan fingerprint density at radius 2 is 1.73 bits per heavy atom. The van der Waals surface area contributed by atoms with Crippen LogP contribution in [-0.4, -0.2) is 49.7 Å². The quantitative estimate of drug-likeness (QED) is 0.708. The van der Waals surface area contributed by atoms with Gasteiger partial charge in [-0.2, -0.15) is 4.31 Å². The van der Waals surface area contributed by atoms with Gasteiger partial charge in [0.25, 0.3) is 0 Å². The Kier molecular flexibility index (Phi) is 6.02. The Bertz CT molecular complexity index is 912. The molecule has 138 valence electrons. The Balaban J connectivity index is 1.64. The highest BCUT2D eigenvalue weighted by atomic mass is 79.9. The number of amides is 1. The summed E-state index contributed by atoms with van der Waals surface area (Å²) in [6, 6.07) is 13.9. The van der Waals surface area contributed by atoms with E-state index in [1.165, 1.54) is 4.31 Å². The maximum absolute atomic E-state index is 12.7. The monoisotopic (exact) mass is 456 g/mol. The number of benzene rings is 2. The second-order valence-electron chi connectivity index (χ2n) is 6.01. The van der Waals surface area contributed by atoms with Gasteiger partial charge in [0.15, 0.2) is 0 Å². The number of sulfonamides is 1. The third-order valence-electron chi connectivity index (χ3n) is 4.32. The van der Waals surface area contributed by atoms with E-state index in [1.807, 2.05) is 18.2 Å². The number of hydrogen-bond acceptors (Lipinski definition) is 3. The van der Waals surface area contributed by atoms with Gasteiger partial charge in [0.05, 0.1) is 11.3 Å². The first-order valence-electron chi connectivity index (χ1n) is 8.15. The minimum Gasteiger partial charge on any atom is -0.340 e. The van der Waals surface area contributed by atoms with Crippen molar-refractivity contribution in [3.8, 4) is 0 Å². The fourth-order valence-corrected chi connectivity index (χ4v) is 5.09. The maximum Gasteiger partial charge on any atom is 0.243 e. The number of carbonyl (C=O) groups excluding carboxylic acids is 1. The molecule has 2 aromatic rings. The van der Waals surface area contributed by atoms with Gasteiger partial charge in [-0.1, -0.05) is 51.8 Å². The van der Waals surface area contributed by atoms with E-state index >= 15 is 0 Å². The number of carbonyl (C=O) groups is 1. The molecule has 1 heterocycles. The highest BCUT2D eigenvalue weighted by Gasteiger charge is 2.30. The van der Waals surface area contributed by atoms with Gasteiger partial charge in [0.2, 0.25) is 15.9 Å². The van der Waals surface area contributed by atoms with Crippen LogP contribution in [-0.2, 0) is 21.2 Å². The van der Waals surface area contributed by atoms with Crippen LogP contribution < -0.4 is 0 Å². The fraction of sp³-hybridized carbons (Fsp3) is 0.278. The number of rotatable bonds is 4. The second kappa shape index (κ2) is 8.08. The second-order valence-corrected chi connectivity index (χ2v) is 9.27. The van der Waals surface area contributed by atoms with Crippen LogP contribution in [0.15, 0.2) is 57.9 Å². The lowest BCUT2D eigenvalue weighted by atomic mass is 10.1. The number of hydrogen-bond donors (Lipinski definition) is 0. The normalized spacial score (nSPS) is 15.8. The van der Waals surface area contributed by atoms with Gasteiger partial charge in [-0.3, -0.25) is 4.79 Å². The molecule has 1 amide bonds. The lowest BCUT2D eigenvalue weighted by Gasteiger charge is -2.34. The highest BCUT2D eigenvalue weighted by Crippen LogP contribution is 2.22. The van der Waals surface area contributed by atoms with Gasteiger partial charge in [-0.25, -0.2) is 8.42 Å². The van der Waals surface area contributed by atoms with E-state index in [0.29, 0.717) is 22.6 Å². The van der Waals surface area contributed by atoms with Crippen LogP contribution in [0.4, 0.5) is 0 Å². The van der Waals surface area contributed by atoms with Gasteiger partial charge in [-0.05, 0) is 29.8 Å². The van der Waals surface area contributed by atoms with Crippen molar-refractivity contribution in [2.45, 2.75) is 11.3 Å². The third-order valence-corrected chi connectivity index (χ3v) is 7.08. The molecule has 0 N–H and O–H groups in total. The molecule has 1 saturated heterocycles. The Hall–Kier alpha value is -1.41. The first-order valence-corrected chi connectivity index (χ1v) is 10.8. The molecule has 26 heavy (non-hydrogen) atoms. The summed E-state index contributed by atoms with van der Waals surface area (Å²) in [4.78, 5) is 14.4. The van der Waals surface area contributed by atoms with Crippen molar-refractivity contribution < 1.29 is 13.2 Å². The van der Waals surface area contributed by atoms with Gasteiger partial charge in [0, 0.05) is 35.7 Å². The molecule has 1 fully saturated rings. The Labute approximate surface area is 166 Å². The molecule has 0 unspecified atom stereocenters. The smallest absolute Gasteiger partial charge is 0.243 e. The minimum absolute atomic E-state index is 0.0439. The topological polar surface area (TPSA) is 57.7 Å². The summed E-state index contributed by atoms with van der Waals surface area (Å²) in [5.41, 5.74) is 0.781. The van der Waals surface area contributed by atoms with Crippen molar-refractivity contribution in [1.29, 1.82) is 0 Å². The summed E-state index contributed by atoms with van der Waals surface area (Å²) < 4.78 is 27.6. The summed E-state index contributed by atoms with van der Waals surface area (Å²) in [5, 5.41) is 0.566. The minimum atomic E-state index is -3.56. The average molecular weight is 458 g/mol. The molecule has 5 nitrogen and oxygen atoms in total. The van der Waals surface area contributed by atoms with Crippen LogP contribution in [0.1, 0.15) is 5.56 Å². The highest BCUT2D eigenvalue weighted by molar-refractivity contribution is 9.10. The predicted molar refractivity (Wildman–Crippen MR) is 105 cm³/mol. The molecular formula is C18H18BrClN2O3S. The van der Waals surface area contributed by atoms with Crippen molar-refractivity contribution in [1.82, 2.24) is 9.21 Å². The van der Waals surface area contributed by atoms with Crippen molar-refractivity contribution in [2.24, 2.45) is 0 Å².